The van der Waals surface area contributed by atoms with Crippen molar-refractivity contribution in [1.82, 2.24) is 9.55 Å². The number of H-pyrrole nitrogens is 1. The second kappa shape index (κ2) is 8.50. The topological polar surface area (TPSA) is 90.4 Å². The Labute approximate surface area is 172 Å². The van der Waals surface area contributed by atoms with Crippen molar-refractivity contribution in [2.24, 2.45) is 0 Å². The number of hydrogen-bond acceptors (Lipinski definition) is 5. The van der Waals surface area contributed by atoms with E-state index in [2.05, 4.69) is 4.74 Å². The van der Waals surface area contributed by atoms with Crippen LogP contribution < -0.4 is 16.0 Å². The van der Waals surface area contributed by atoms with Crippen LogP contribution in [0.2, 0.25) is 10.0 Å². The van der Waals surface area contributed by atoms with Crippen LogP contribution in [0.3, 0.4) is 0 Å². The van der Waals surface area contributed by atoms with Crippen LogP contribution in [0.5, 0.6) is 5.75 Å². The molecule has 0 aliphatic carbocycles. The van der Waals surface area contributed by atoms with Crippen molar-refractivity contribution in [3.8, 4) is 5.75 Å². The normalized spacial score (nSPS) is 12.6. The Kier molecular flexibility index (Phi) is 6.69. The molecule has 0 aliphatic rings. The van der Waals surface area contributed by atoms with Gasteiger partial charge in [-0.15, -0.1) is 0 Å². The van der Waals surface area contributed by atoms with E-state index in [1.807, 2.05) is 0 Å². The minimum atomic E-state index is -4.88. The predicted molar refractivity (Wildman–Crippen MR) is 98.7 cm³/mol. The first-order valence-corrected chi connectivity index (χ1v) is 8.76. The molecule has 1 atom stereocenters. The standard InChI is InChI=1S/C17H15Cl2F3N2O5/c1-7-13(17(20,21)22)23-16(27)24(14(7)25)6-9-4-5-10(12(19)11(9)18)29-8(2)15(26)28-3/h4-5,8H,6H2,1-3H3,(H,23,27). The van der Waals surface area contributed by atoms with Crippen LogP contribution in [0.1, 0.15) is 23.7 Å². The number of nitrogens with zero attached hydrogens (tertiary/aromatic N) is 1. The van der Waals surface area contributed by atoms with Crippen molar-refractivity contribution in [1.29, 1.82) is 0 Å². The number of aromatic amines is 1. The van der Waals surface area contributed by atoms with Gasteiger partial charge in [-0.05, 0) is 25.5 Å². The van der Waals surface area contributed by atoms with E-state index in [0.717, 1.165) is 6.92 Å². The highest BCUT2D eigenvalue weighted by Crippen LogP contribution is 2.35. The van der Waals surface area contributed by atoms with E-state index >= 15 is 0 Å². The van der Waals surface area contributed by atoms with Gasteiger partial charge < -0.3 is 14.5 Å². The zero-order valence-corrected chi connectivity index (χ0v) is 16.8. The zero-order valence-electron chi connectivity index (χ0n) is 15.3. The van der Waals surface area contributed by atoms with Gasteiger partial charge in [-0.3, -0.25) is 9.36 Å². The van der Waals surface area contributed by atoms with Crippen LogP contribution in [0.25, 0.3) is 0 Å². The summed E-state index contributed by atoms with van der Waals surface area (Å²) in [6.45, 7) is 1.95. The molecule has 0 radical (unpaired) electrons. The van der Waals surface area contributed by atoms with Gasteiger partial charge in [0.25, 0.3) is 5.56 Å². The Morgan fingerprint density at radius 2 is 1.86 bits per heavy atom. The van der Waals surface area contributed by atoms with Crippen molar-refractivity contribution in [2.75, 3.05) is 7.11 Å². The van der Waals surface area contributed by atoms with Crippen LogP contribution in [0, 0.1) is 6.92 Å². The molecule has 2 rings (SSSR count). The fourth-order valence-corrected chi connectivity index (χ4v) is 2.90. The Hall–Kier alpha value is -2.46. The smallest absolute Gasteiger partial charge is 0.431 e. The van der Waals surface area contributed by atoms with Gasteiger partial charge in [0, 0.05) is 5.56 Å². The Balaban J connectivity index is 2.43. The van der Waals surface area contributed by atoms with Crippen LogP contribution in [-0.2, 0) is 22.3 Å². The number of esters is 1. The van der Waals surface area contributed by atoms with E-state index < -0.39 is 47.3 Å². The second-order valence-corrected chi connectivity index (χ2v) is 6.71. The van der Waals surface area contributed by atoms with Crippen molar-refractivity contribution >= 4 is 29.2 Å². The van der Waals surface area contributed by atoms with E-state index in [4.69, 9.17) is 27.9 Å². The lowest BCUT2D eigenvalue weighted by Crippen LogP contribution is -2.39. The Morgan fingerprint density at radius 1 is 1.24 bits per heavy atom. The van der Waals surface area contributed by atoms with Crippen LogP contribution >= 0.6 is 23.2 Å². The third-order valence-corrected chi connectivity index (χ3v) is 4.90. The number of hydrogen-bond donors (Lipinski definition) is 1. The lowest BCUT2D eigenvalue weighted by molar-refractivity contribution is -0.148. The molecule has 1 heterocycles. The molecule has 1 unspecified atom stereocenters. The summed E-state index contributed by atoms with van der Waals surface area (Å²) in [7, 11) is 1.18. The van der Waals surface area contributed by atoms with Crippen molar-refractivity contribution in [3.63, 3.8) is 0 Å². The maximum Gasteiger partial charge on any atom is 0.431 e. The summed E-state index contributed by atoms with van der Waals surface area (Å²) in [5.74, 6) is -0.609. The number of ether oxygens (including phenoxy) is 2. The number of nitrogens with one attached hydrogen (secondary N) is 1. The zero-order chi connectivity index (χ0) is 22.1. The fourth-order valence-electron chi connectivity index (χ4n) is 2.46. The quantitative estimate of drug-likeness (QED) is 0.700. The number of carbonyl (C=O) groups excluding carboxylic acids is 1. The molecule has 29 heavy (non-hydrogen) atoms. The minimum Gasteiger partial charge on any atom is -0.477 e. The van der Waals surface area contributed by atoms with Crippen molar-refractivity contribution < 1.29 is 27.4 Å². The molecule has 2 aromatic rings. The lowest BCUT2D eigenvalue weighted by Gasteiger charge is -2.16. The molecule has 0 spiro atoms. The number of halogens is 5. The molecule has 0 saturated carbocycles. The Morgan fingerprint density at radius 3 is 2.41 bits per heavy atom. The first-order chi connectivity index (χ1) is 13.4. The average Bonchev–Trinajstić information content (AvgIpc) is 2.65. The number of rotatable bonds is 5. The molecule has 1 N–H and O–H groups in total. The first kappa shape index (κ1) is 22.8. The van der Waals surface area contributed by atoms with Gasteiger partial charge in [0.15, 0.2) is 6.10 Å². The van der Waals surface area contributed by atoms with Gasteiger partial charge in [0.1, 0.15) is 16.5 Å². The fraction of sp³-hybridized carbons (Fsp3) is 0.353. The lowest BCUT2D eigenvalue weighted by atomic mass is 10.2. The third kappa shape index (κ3) is 4.76. The highest BCUT2D eigenvalue weighted by Gasteiger charge is 2.35. The number of methoxy groups -OCH3 is 1. The molecular formula is C17H15Cl2F3N2O5. The summed E-state index contributed by atoms with van der Waals surface area (Å²) in [6, 6.07) is 2.71. The van der Waals surface area contributed by atoms with Gasteiger partial charge >= 0.3 is 17.8 Å². The summed E-state index contributed by atoms with van der Waals surface area (Å²) in [5, 5.41) is -0.196. The first-order valence-electron chi connectivity index (χ1n) is 8.00. The van der Waals surface area contributed by atoms with Gasteiger partial charge in [-0.25, -0.2) is 9.59 Å². The molecule has 0 amide bonds. The largest absolute Gasteiger partial charge is 0.477 e. The maximum atomic E-state index is 12.9. The van der Waals surface area contributed by atoms with Crippen LogP contribution in [-0.4, -0.2) is 28.7 Å². The van der Waals surface area contributed by atoms with E-state index in [-0.39, 0.29) is 21.4 Å². The summed E-state index contributed by atoms with van der Waals surface area (Å²) >= 11 is 12.3. The van der Waals surface area contributed by atoms with E-state index in [9.17, 15) is 27.6 Å². The molecule has 1 aromatic heterocycles. The number of aromatic nitrogens is 2. The number of benzene rings is 1. The summed E-state index contributed by atoms with van der Waals surface area (Å²) in [6.07, 6.45) is -5.86. The minimum absolute atomic E-state index is 0.0446. The second-order valence-electron chi connectivity index (χ2n) is 5.95. The van der Waals surface area contributed by atoms with Crippen LogP contribution in [0.15, 0.2) is 21.7 Å². The monoisotopic (exact) mass is 454 g/mol. The maximum absolute atomic E-state index is 12.9. The third-order valence-electron chi connectivity index (χ3n) is 3.99. The molecule has 0 saturated heterocycles. The summed E-state index contributed by atoms with van der Waals surface area (Å²) in [4.78, 5) is 37.4. The summed E-state index contributed by atoms with van der Waals surface area (Å²) in [5.41, 5.74) is -4.26. The summed E-state index contributed by atoms with van der Waals surface area (Å²) < 4.78 is 49.2. The average molecular weight is 455 g/mol. The molecular weight excluding hydrogens is 440 g/mol. The number of alkyl halides is 3. The molecule has 158 valence electrons. The Bertz CT molecular complexity index is 1060. The highest BCUT2D eigenvalue weighted by atomic mass is 35.5. The van der Waals surface area contributed by atoms with Gasteiger partial charge in [0.2, 0.25) is 0 Å². The van der Waals surface area contributed by atoms with Gasteiger partial charge in [-0.2, -0.15) is 13.2 Å². The number of carbonyl (C=O) groups is 1. The predicted octanol–water partition coefficient (Wildman–Crippen LogP) is 3.16. The SMILES string of the molecule is COC(=O)C(C)Oc1ccc(Cn2c(=O)[nH]c(C(F)(F)F)c(C)c2=O)c(Cl)c1Cl. The van der Waals surface area contributed by atoms with E-state index in [0.29, 0.717) is 4.57 Å². The highest BCUT2D eigenvalue weighted by molar-refractivity contribution is 6.43. The molecule has 0 fully saturated rings. The molecule has 7 nitrogen and oxygen atoms in total. The van der Waals surface area contributed by atoms with E-state index in [1.165, 1.54) is 26.2 Å². The van der Waals surface area contributed by atoms with Crippen molar-refractivity contribution in [3.05, 3.63) is 59.8 Å². The van der Waals surface area contributed by atoms with Crippen LogP contribution in [0.4, 0.5) is 13.2 Å². The molecule has 1 aromatic carbocycles. The molecule has 12 heteroatoms. The molecule has 0 bridgehead atoms. The van der Waals surface area contributed by atoms with E-state index in [1.54, 1.807) is 4.98 Å². The van der Waals surface area contributed by atoms with Crippen molar-refractivity contribution in [2.45, 2.75) is 32.7 Å². The van der Waals surface area contributed by atoms with Gasteiger partial charge in [0.05, 0.1) is 18.7 Å². The van der Waals surface area contributed by atoms with Gasteiger partial charge in [-0.1, -0.05) is 29.3 Å². The molecule has 0 aliphatic heterocycles.